The molecule has 0 heterocycles. The summed E-state index contributed by atoms with van der Waals surface area (Å²) in [4.78, 5) is 30.0. The van der Waals surface area contributed by atoms with Crippen molar-refractivity contribution in [3.63, 3.8) is 0 Å². The Hall–Kier alpha value is 1.33. The van der Waals surface area contributed by atoms with Gasteiger partial charge >= 0.3 is 56.6 Å². The Balaban J connectivity index is -0.000000282. The molecule has 17 heavy (non-hydrogen) atoms. The Morgan fingerprint density at radius 3 is 2.06 bits per heavy atom. The number of carbonyl (C=O) groups is 1. The van der Waals surface area contributed by atoms with Gasteiger partial charge in [0.25, 0.3) is 0 Å². The summed E-state index contributed by atoms with van der Waals surface area (Å²) < 4.78 is 13.8. The minimum absolute atomic E-state index is 0. The van der Waals surface area contributed by atoms with Crippen LogP contribution < -0.4 is 71.5 Å². The summed E-state index contributed by atoms with van der Waals surface area (Å²) in [7, 11) is -5.06. The number of phosphoric acid groups is 1. The predicted molar refractivity (Wildman–Crippen MR) is 38.4 cm³/mol. The van der Waals surface area contributed by atoms with Crippen molar-refractivity contribution in [3.8, 4) is 0 Å². The van der Waals surface area contributed by atoms with Crippen LogP contribution in [0.1, 0.15) is 19.8 Å². The Morgan fingerprint density at radius 2 is 1.76 bits per heavy atom. The molecular formula is C6H10Li3O7P. The molecule has 0 amide bonds. The van der Waals surface area contributed by atoms with Crippen LogP contribution in [0.3, 0.4) is 0 Å². The van der Waals surface area contributed by atoms with Gasteiger partial charge in [-0.2, -0.15) is 0 Å². The zero-order valence-corrected chi connectivity index (χ0v) is 11.4. The van der Waals surface area contributed by atoms with Gasteiger partial charge < -0.3 is 33.9 Å². The first-order valence-corrected chi connectivity index (χ1v) is 5.17. The fourth-order valence-corrected chi connectivity index (χ4v) is 1.09. The van der Waals surface area contributed by atoms with Gasteiger partial charge in [0.1, 0.15) is 0 Å². The van der Waals surface area contributed by atoms with E-state index in [1.807, 2.05) is 0 Å². The average molecular weight is 246 g/mol. The van der Waals surface area contributed by atoms with Crippen LogP contribution in [0.4, 0.5) is 0 Å². The van der Waals surface area contributed by atoms with E-state index in [4.69, 9.17) is 0 Å². The standard InChI is InChI=1S/C6H13O7P.3Li/c1-6(9,4-5(7)8)2-3-13-14(10,11)12;;;/h9H,2-4H2,1H3,(H,7,8)(H2,10,11,12);;;/q;3*+1/p-3. The summed E-state index contributed by atoms with van der Waals surface area (Å²) in [6, 6.07) is 0. The van der Waals surface area contributed by atoms with E-state index in [0.717, 1.165) is 0 Å². The normalized spacial score (nSPS) is 13.4. The van der Waals surface area contributed by atoms with Crippen molar-refractivity contribution in [2.24, 2.45) is 0 Å². The van der Waals surface area contributed by atoms with Crippen LogP contribution in [-0.2, 0) is 13.9 Å². The number of hydrogen-bond acceptors (Lipinski definition) is 7. The molecule has 0 saturated heterocycles. The number of aliphatic hydroxyl groups is 1. The second-order valence-electron chi connectivity index (χ2n) is 3.08. The first kappa shape index (κ1) is 26.8. The van der Waals surface area contributed by atoms with Crippen molar-refractivity contribution < 1.29 is 90.5 Å². The molecule has 0 fully saturated rings. The third-order valence-electron chi connectivity index (χ3n) is 1.42. The molecule has 0 spiro atoms. The Bertz CT molecular complexity index is 254. The van der Waals surface area contributed by atoms with E-state index in [9.17, 15) is 29.4 Å². The second kappa shape index (κ2) is 11.2. The van der Waals surface area contributed by atoms with Crippen LogP contribution in [-0.4, -0.2) is 23.3 Å². The molecule has 1 unspecified atom stereocenters. The summed E-state index contributed by atoms with van der Waals surface area (Å²) in [6.07, 6.45) is -0.937. The van der Waals surface area contributed by atoms with Gasteiger partial charge in [0.2, 0.25) is 0 Å². The number of phosphoric ester groups is 1. The summed E-state index contributed by atoms with van der Waals surface area (Å²) in [5.74, 6) is -1.47. The number of hydrogen-bond donors (Lipinski definition) is 1. The molecule has 11 heteroatoms. The van der Waals surface area contributed by atoms with E-state index in [-0.39, 0.29) is 63.0 Å². The SMILES string of the molecule is CC(O)(CCOP(=O)([O-])[O-])CC(=O)[O-].[Li+].[Li+].[Li+]. The van der Waals surface area contributed by atoms with Crippen molar-refractivity contribution in [1.82, 2.24) is 0 Å². The van der Waals surface area contributed by atoms with Crippen LogP contribution in [0.5, 0.6) is 0 Å². The quantitative estimate of drug-likeness (QED) is 0.363. The summed E-state index contributed by atoms with van der Waals surface area (Å²) in [5, 5.41) is 19.4. The van der Waals surface area contributed by atoms with Gasteiger partial charge in [-0.25, -0.2) is 0 Å². The maximum absolute atomic E-state index is 10.1. The third-order valence-corrected chi connectivity index (χ3v) is 1.91. The topological polar surface area (TPSA) is 133 Å². The van der Waals surface area contributed by atoms with Gasteiger partial charge in [-0.05, 0) is 13.3 Å². The molecule has 1 atom stereocenters. The summed E-state index contributed by atoms with van der Waals surface area (Å²) >= 11 is 0. The molecule has 0 saturated carbocycles. The molecule has 1 N–H and O–H groups in total. The second-order valence-corrected chi connectivity index (χ2v) is 4.23. The Labute approximate surface area is 135 Å². The van der Waals surface area contributed by atoms with Crippen LogP contribution in [0.2, 0.25) is 0 Å². The molecule has 0 bridgehead atoms. The Kier molecular flexibility index (Phi) is 17.6. The van der Waals surface area contributed by atoms with E-state index in [2.05, 4.69) is 4.52 Å². The number of rotatable bonds is 6. The molecule has 0 rings (SSSR count). The van der Waals surface area contributed by atoms with E-state index in [1.165, 1.54) is 6.92 Å². The molecule has 0 aromatic rings. The molecule has 7 nitrogen and oxygen atoms in total. The van der Waals surface area contributed by atoms with Crippen molar-refractivity contribution in [2.45, 2.75) is 25.4 Å². The van der Waals surface area contributed by atoms with Crippen molar-refractivity contribution in [3.05, 3.63) is 0 Å². The monoisotopic (exact) mass is 246 g/mol. The predicted octanol–water partition coefficient (Wildman–Crippen LogP) is -11.9. The molecular weight excluding hydrogens is 236 g/mol. The van der Waals surface area contributed by atoms with E-state index in [1.54, 1.807) is 0 Å². The van der Waals surface area contributed by atoms with Crippen molar-refractivity contribution in [1.29, 1.82) is 0 Å². The number of carboxylic acids is 1. The van der Waals surface area contributed by atoms with Gasteiger partial charge in [0.15, 0.2) is 0 Å². The van der Waals surface area contributed by atoms with Gasteiger partial charge in [-0.3, -0.25) is 0 Å². The van der Waals surface area contributed by atoms with Crippen LogP contribution in [0, 0.1) is 0 Å². The van der Waals surface area contributed by atoms with E-state index < -0.39 is 32.4 Å². The molecule has 0 aliphatic rings. The van der Waals surface area contributed by atoms with Crippen LogP contribution >= 0.6 is 7.82 Å². The van der Waals surface area contributed by atoms with Gasteiger partial charge in [0.05, 0.1) is 20.0 Å². The number of aliphatic carboxylic acids is 1. The van der Waals surface area contributed by atoms with E-state index >= 15 is 0 Å². The molecule has 0 radical (unpaired) electrons. The first-order chi connectivity index (χ1) is 6.12. The van der Waals surface area contributed by atoms with Crippen LogP contribution in [0.25, 0.3) is 0 Å². The van der Waals surface area contributed by atoms with Crippen molar-refractivity contribution >= 4 is 13.8 Å². The Morgan fingerprint density at radius 1 is 1.35 bits per heavy atom. The molecule has 0 aliphatic heterocycles. The smallest absolute Gasteiger partial charge is 0.790 e. The zero-order chi connectivity index (χ0) is 11.4. The average Bonchev–Trinajstić information content (AvgIpc) is 1.78. The van der Waals surface area contributed by atoms with E-state index in [0.29, 0.717) is 0 Å². The van der Waals surface area contributed by atoms with Gasteiger partial charge in [0, 0.05) is 12.4 Å². The number of carbonyl (C=O) groups excluding carboxylic acids is 1. The summed E-state index contributed by atoms with van der Waals surface area (Å²) in [5.41, 5.74) is -1.64. The minimum Gasteiger partial charge on any atom is -0.790 e. The van der Waals surface area contributed by atoms with Gasteiger partial charge in [-0.15, -0.1) is 0 Å². The third kappa shape index (κ3) is 19.8. The van der Waals surface area contributed by atoms with Crippen LogP contribution in [0.15, 0.2) is 0 Å². The number of carboxylic acid groups (broad SMARTS) is 1. The zero-order valence-electron chi connectivity index (χ0n) is 10.5. The maximum Gasteiger partial charge on any atom is 1.00 e. The van der Waals surface area contributed by atoms with Crippen molar-refractivity contribution in [2.75, 3.05) is 6.61 Å². The largest absolute Gasteiger partial charge is 1.00 e. The summed E-state index contributed by atoms with van der Waals surface area (Å²) in [6.45, 7) is 0.622. The van der Waals surface area contributed by atoms with Gasteiger partial charge in [-0.1, -0.05) is 0 Å². The molecule has 84 valence electrons. The minimum atomic E-state index is -5.06. The molecule has 0 aromatic carbocycles. The fourth-order valence-electron chi connectivity index (χ4n) is 0.777. The molecule has 0 aliphatic carbocycles. The fraction of sp³-hybridized carbons (Fsp3) is 0.833. The first-order valence-electron chi connectivity index (χ1n) is 3.71. The maximum atomic E-state index is 10.1. The molecule has 0 aromatic heterocycles.